The van der Waals surface area contributed by atoms with Crippen LogP contribution in [0.3, 0.4) is 0 Å². The number of allylic oxidation sites excluding steroid dienone is 2. The van der Waals surface area contributed by atoms with Crippen molar-refractivity contribution in [3.8, 4) is 0 Å². The third kappa shape index (κ3) is 3.40. The average molecular weight is 224 g/mol. The number of nitrogens with one attached hydrogen (secondary N) is 1. The Labute approximate surface area is 94.9 Å². The van der Waals surface area contributed by atoms with Crippen molar-refractivity contribution in [3.05, 3.63) is 40.6 Å². The lowest BCUT2D eigenvalue weighted by Crippen LogP contribution is -2.03. The van der Waals surface area contributed by atoms with Crippen LogP contribution < -0.4 is 5.32 Å². The molecule has 3 heteroatoms. The number of hydrogen-bond donors (Lipinski definition) is 1. The summed E-state index contributed by atoms with van der Waals surface area (Å²) in [5.41, 5.74) is 2.53. The van der Waals surface area contributed by atoms with Crippen molar-refractivity contribution in [2.24, 2.45) is 0 Å². The molecule has 0 aliphatic rings. The van der Waals surface area contributed by atoms with Gasteiger partial charge in [0, 0.05) is 22.0 Å². The fourth-order valence-electron chi connectivity index (χ4n) is 1.11. The summed E-state index contributed by atoms with van der Waals surface area (Å²) in [4.78, 5) is 11.1. The van der Waals surface area contributed by atoms with Gasteiger partial charge in [0.15, 0.2) is 5.78 Å². The summed E-state index contributed by atoms with van der Waals surface area (Å²) in [6, 6.07) is 7.36. The minimum Gasteiger partial charge on any atom is -0.359 e. The van der Waals surface area contributed by atoms with Crippen LogP contribution in [0.15, 0.2) is 35.5 Å². The first-order valence-electron chi connectivity index (χ1n) is 4.71. The zero-order valence-electron chi connectivity index (χ0n) is 9.10. The van der Waals surface area contributed by atoms with E-state index in [2.05, 4.69) is 5.32 Å². The molecule has 0 heterocycles. The Morgan fingerprint density at radius 1 is 1.13 bits per heavy atom. The van der Waals surface area contributed by atoms with Crippen molar-refractivity contribution >= 4 is 23.1 Å². The van der Waals surface area contributed by atoms with E-state index in [-0.39, 0.29) is 5.78 Å². The Hall–Kier alpha value is -1.28. The second-order valence-corrected chi connectivity index (χ2v) is 3.87. The van der Waals surface area contributed by atoms with Gasteiger partial charge in [-0.1, -0.05) is 11.6 Å². The van der Waals surface area contributed by atoms with Crippen LogP contribution in [0, 0.1) is 0 Å². The molecule has 0 aliphatic heterocycles. The van der Waals surface area contributed by atoms with Crippen molar-refractivity contribution < 1.29 is 4.79 Å². The minimum atomic E-state index is 0.0777. The Kier molecular flexibility index (Phi) is 3.92. The van der Waals surface area contributed by atoms with Crippen molar-refractivity contribution in [1.82, 2.24) is 0 Å². The van der Waals surface area contributed by atoms with Gasteiger partial charge in [-0.3, -0.25) is 4.79 Å². The monoisotopic (exact) mass is 223 g/mol. The number of hydrogen-bond acceptors (Lipinski definition) is 2. The molecule has 0 atom stereocenters. The van der Waals surface area contributed by atoms with Crippen LogP contribution in [0.2, 0.25) is 5.02 Å². The van der Waals surface area contributed by atoms with E-state index in [0.717, 1.165) is 17.0 Å². The molecule has 0 aromatic heterocycles. The van der Waals surface area contributed by atoms with Crippen LogP contribution >= 0.6 is 11.6 Å². The van der Waals surface area contributed by atoms with Crippen LogP contribution in [-0.4, -0.2) is 5.78 Å². The number of carbonyl (C=O) groups excluding carboxylic acids is 1. The van der Waals surface area contributed by atoms with E-state index >= 15 is 0 Å². The molecule has 80 valence electrons. The van der Waals surface area contributed by atoms with E-state index in [9.17, 15) is 4.79 Å². The summed E-state index contributed by atoms with van der Waals surface area (Å²) in [6.45, 7) is 5.24. The minimum absolute atomic E-state index is 0.0777. The van der Waals surface area contributed by atoms with E-state index in [1.54, 1.807) is 26.0 Å². The van der Waals surface area contributed by atoms with Gasteiger partial charge in [0.25, 0.3) is 0 Å². The molecule has 2 nitrogen and oxygen atoms in total. The van der Waals surface area contributed by atoms with Crippen molar-refractivity contribution in [2.45, 2.75) is 20.8 Å². The molecule has 0 bridgehead atoms. The van der Waals surface area contributed by atoms with Crippen LogP contribution in [0.5, 0.6) is 0 Å². The molecule has 1 rings (SSSR count). The number of Topliss-reactive ketones (excluding diaryl/α,β-unsaturated/α-hetero) is 1. The quantitative estimate of drug-likeness (QED) is 0.793. The lowest BCUT2D eigenvalue weighted by atomic mass is 10.1. The highest BCUT2D eigenvalue weighted by Crippen LogP contribution is 2.16. The molecule has 1 aromatic rings. The summed E-state index contributed by atoms with van der Waals surface area (Å²) >= 11 is 5.77. The molecular weight excluding hydrogens is 210 g/mol. The zero-order chi connectivity index (χ0) is 11.4. The van der Waals surface area contributed by atoms with E-state index in [1.165, 1.54) is 0 Å². The molecule has 0 spiro atoms. The van der Waals surface area contributed by atoms with E-state index in [0.29, 0.717) is 5.02 Å². The molecule has 1 N–H and O–H groups in total. The van der Waals surface area contributed by atoms with E-state index < -0.39 is 0 Å². The number of ketones is 1. The topological polar surface area (TPSA) is 29.1 Å². The van der Waals surface area contributed by atoms with Gasteiger partial charge in [-0.05, 0) is 45.0 Å². The predicted octanol–water partition coefficient (Wildman–Crippen LogP) is 3.63. The summed E-state index contributed by atoms with van der Waals surface area (Å²) in [6.07, 6.45) is 0. The lowest BCUT2D eigenvalue weighted by Gasteiger charge is -2.09. The van der Waals surface area contributed by atoms with E-state index in [4.69, 9.17) is 11.6 Å². The Morgan fingerprint density at radius 2 is 1.67 bits per heavy atom. The molecule has 0 aliphatic carbocycles. The summed E-state index contributed by atoms with van der Waals surface area (Å²) in [5.74, 6) is 0.0777. The smallest absolute Gasteiger partial charge is 0.157 e. The number of anilines is 1. The van der Waals surface area contributed by atoms with Crippen LogP contribution in [0.25, 0.3) is 0 Å². The van der Waals surface area contributed by atoms with Gasteiger partial charge in [0.1, 0.15) is 0 Å². The second-order valence-electron chi connectivity index (χ2n) is 3.44. The molecule has 0 radical (unpaired) electrons. The van der Waals surface area contributed by atoms with Gasteiger partial charge in [0.05, 0.1) is 0 Å². The van der Waals surface area contributed by atoms with Crippen molar-refractivity contribution in [3.63, 3.8) is 0 Å². The molecule has 0 fully saturated rings. The third-order valence-corrected chi connectivity index (χ3v) is 2.52. The molecule has 0 saturated carbocycles. The maximum absolute atomic E-state index is 11.1. The number of rotatable bonds is 3. The summed E-state index contributed by atoms with van der Waals surface area (Å²) in [7, 11) is 0. The SMILES string of the molecule is CC(=O)/C(C)=C(/C)Nc1ccc(Cl)cc1. The highest BCUT2D eigenvalue weighted by atomic mass is 35.5. The predicted molar refractivity (Wildman–Crippen MR) is 64.1 cm³/mol. The van der Waals surface area contributed by atoms with E-state index in [1.807, 2.05) is 19.1 Å². The summed E-state index contributed by atoms with van der Waals surface area (Å²) in [5, 5.41) is 3.85. The molecule has 0 amide bonds. The zero-order valence-corrected chi connectivity index (χ0v) is 9.85. The molecule has 1 aromatic carbocycles. The van der Waals surface area contributed by atoms with Gasteiger partial charge in [0.2, 0.25) is 0 Å². The maximum atomic E-state index is 11.1. The third-order valence-electron chi connectivity index (χ3n) is 2.27. The first-order chi connectivity index (χ1) is 7.00. The number of carbonyl (C=O) groups is 1. The molecular formula is C12H14ClNO. The number of halogens is 1. The van der Waals surface area contributed by atoms with Crippen LogP contribution in [-0.2, 0) is 4.79 Å². The Balaban J connectivity index is 2.83. The number of benzene rings is 1. The fourth-order valence-corrected chi connectivity index (χ4v) is 1.23. The fraction of sp³-hybridized carbons (Fsp3) is 0.250. The van der Waals surface area contributed by atoms with Crippen LogP contribution in [0.4, 0.5) is 5.69 Å². The standard InChI is InChI=1S/C12H14ClNO/c1-8(10(3)15)9(2)14-12-6-4-11(13)5-7-12/h4-7,14H,1-3H3/b9-8-. The van der Waals surface area contributed by atoms with Crippen molar-refractivity contribution in [1.29, 1.82) is 0 Å². The average Bonchev–Trinajstić information content (AvgIpc) is 2.20. The highest BCUT2D eigenvalue weighted by Gasteiger charge is 2.02. The van der Waals surface area contributed by atoms with Gasteiger partial charge >= 0.3 is 0 Å². The first-order valence-corrected chi connectivity index (χ1v) is 5.09. The van der Waals surface area contributed by atoms with Gasteiger partial charge in [-0.25, -0.2) is 0 Å². The lowest BCUT2D eigenvalue weighted by molar-refractivity contribution is -0.113. The normalized spacial score (nSPS) is 12.0. The molecule has 0 saturated heterocycles. The van der Waals surface area contributed by atoms with Gasteiger partial charge in [-0.15, -0.1) is 0 Å². The van der Waals surface area contributed by atoms with Crippen molar-refractivity contribution in [2.75, 3.05) is 5.32 Å². The Morgan fingerprint density at radius 3 is 2.13 bits per heavy atom. The summed E-state index contributed by atoms with van der Waals surface area (Å²) < 4.78 is 0. The Bertz CT molecular complexity index is 393. The maximum Gasteiger partial charge on any atom is 0.157 e. The first kappa shape index (κ1) is 11.8. The largest absolute Gasteiger partial charge is 0.359 e. The van der Waals surface area contributed by atoms with Gasteiger partial charge < -0.3 is 5.32 Å². The second kappa shape index (κ2) is 4.99. The van der Waals surface area contributed by atoms with Gasteiger partial charge in [-0.2, -0.15) is 0 Å². The highest BCUT2D eigenvalue weighted by molar-refractivity contribution is 6.30. The van der Waals surface area contributed by atoms with Crippen LogP contribution in [0.1, 0.15) is 20.8 Å². The molecule has 0 unspecified atom stereocenters. The molecule has 15 heavy (non-hydrogen) atoms.